The third kappa shape index (κ3) is 5.01. The normalized spacial score (nSPS) is 17.6. The van der Waals surface area contributed by atoms with Crippen molar-refractivity contribution in [1.82, 2.24) is 9.88 Å². The van der Waals surface area contributed by atoms with Gasteiger partial charge < -0.3 is 24.4 Å². The Morgan fingerprint density at radius 1 is 1.09 bits per heavy atom. The number of rotatable bonds is 10. The lowest BCUT2D eigenvalue weighted by atomic mass is 9.94. The summed E-state index contributed by atoms with van der Waals surface area (Å²) in [6.45, 7) is 7.41. The first-order chi connectivity index (χ1) is 16.0. The van der Waals surface area contributed by atoms with Crippen LogP contribution >= 0.6 is 0 Å². The predicted octanol–water partition coefficient (Wildman–Crippen LogP) is 0.638. The number of pyridine rings is 1. The number of likely N-dealkylation sites (tertiary alicyclic amines) is 1. The van der Waals surface area contributed by atoms with E-state index in [-0.39, 0.29) is 5.57 Å². The summed E-state index contributed by atoms with van der Waals surface area (Å²) in [5.41, 5.74) is 0.777. The van der Waals surface area contributed by atoms with E-state index < -0.39 is 23.5 Å². The van der Waals surface area contributed by atoms with Gasteiger partial charge in [-0.15, -0.1) is 0 Å². The number of ether oxygens (including phenoxy) is 2. The second-order valence-electron chi connectivity index (χ2n) is 7.88. The number of hydrogen-bond acceptors (Lipinski definition) is 6. The number of amides is 1. The smallest absolute Gasteiger partial charge is 0.295 e. The molecule has 176 valence electrons. The fraction of sp³-hybridized carbons (Fsp3) is 0.400. The standard InChI is InChI=1S/C25H31N3O5/c1-5-27(6-2)14-7-15-28-22(19-16-18(32-3)8-9-20(19)33-4)21(24(30)25(28)31)23(29)17-10-12-26-13-11-17/h8-13,16,22,29H,5-7,14-15H2,1-4H3. The van der Waals surface area contributed by atoms with Crippen LogP contribution in [0.1, 0.15) is 37.4 Å². The molecule has 1 aromatic carbocycles. The van der Waals surface area contributed by atoms with Crippen LogP contribution in [-0.4, -0.2) is 62.0 Å². The largest absolute Gasteiger partial charge is 0.872 e. The molecule has 3 rings (SSSR count). The number of ketones is 1. The zero-order valence-electron chi connectivity index (χ0n) is 19.6. The summed E-state index contributed by atoms with van der Waals surface area (Å²) in [5.74, 6) is -0.912. The number of benzene rings is 1. The monoisotopic (exact) mass is 453 g/mol. The zero-order valence-corrected chi connectivity index (χ0v) is 19.6. The molecule has 0 radical (unpaired) electrons. The van der Waals surface area contributed by atoms with Crippen molar-refractivity contribution in [2.45, 2.75) is 26.3 Å². The average molecular weight is 454 g/mol. The van der Waals surface area contributed by atoms with Gasteiger partial charge in [0.15, 0.2) is 0 Å². The molecule has 1 atom stereocenters. The van der Waals surface area contributed by atoms with Crippen molar-refractivity contribution < 1.29 is 29.1 Å². The van der Waals surface area contributed by atoms with Crippen LogP contribution in [-0.2, 0) is 9.59 Å². The van der Waals surface area contributed by atoms with E-state index in [9.17, 15) is 14.7 Å². The number of hydrogen-bond donors (Lipinski definition) is 1. The van der Waals surface area contributed by atoms with Crippen LogP contribution in [0, 0.1) is 0 Å². The molecule has 1 aliphatic rings. The lowest BCUT2D eigenvalue weighted by molar-refractivity contribution is -0.896. The molecule has 33 heavy (non-hydrogen) atoms. The summed E-state index contributed by atoms with van der Waals surface area (Å²) >= 11 is 0. The van der Waals surface area contributed by atoms with Crippen LogP contribution in [0.25, 0.3) is 5.76 Å². The Balaban J connectivity index is 2.11. The number of carbonyl (C=O) groups excluding carboxylic acids is 2. The molecule has 0 spiro atoms. The van der Waals surface area contributed by atoms with Crippen molar-refractivity contribution in [1.29, 1.82) is 0 Å². The number of nitrogens with one attached hydrogen (secondary N) is 1. The Morgan fingerprint density at radius 3 is 2.39 bits per heavy atom. The van der Waals surface area contributed by atoms with Gasteiger partial charge in [0.2, 0.25) is 5.78 Å². The first-order valence-corrected chi connectivity index (χ1v) is 11.2. The van der Waals surface area contributed by atoms with Crippen molar-refractivity contribution in [3.05, 3.63) is 59.4 Å². The summed E-state index contributed by atoms with van der Waals surface area (Å²) < 4.78 is 10.9. The molecular weight excluding hydrogens is 422 g/mol. The van der Waals surface area contributed by atoms with Gasteiger partial charge in [-0.1, -0.05) is 5.76 Å². The minimum absolute atomic E-state index is 0.0760. The molecule has 0 bridgehead atoms. The van der Waals surface area contributed by atoms with Crippen molar-refractivity contribution in [3.63, 3.8) is 0 Å². The molecule has 0 aliphatic carbocycles. The Kier molecular flexibility index (Phi) is 8.06. The van der Waals surface area contributed by atoms with E-state index >= 15 is 0 Å². The van der Waals surface area contributed by atoms with E-state index in [0.29, 0.717) is 35.6 Å². The highest BCUT2D eigenvalue weighted by Crippen LogP contribution is 2.43. The molecule has 1 N–H and O–H groups in total. The van der Waals surface area contributed by atoms with Crippen LogP contribution in [0.2, 0.25) is 0 Å². The molecule has 1 aliphatic heterocycles. The maximum Gasteiger partial charge on any atom is 0.295 e. The molecule has 1 saturated heterocycles. The minimum Gasteiger partial charge on any atom is -0.872 e. The van der Waals surface area contributed by atoms with Gasteiger partial charge in [0.1, 0.15) is 11.5 Å². The van der Waals surface area contributed by atoms with Gasteiger partial charge in [-0.3, -0.25) is 14.6 Å². The SMILES string of the molecule is CC[NH+](CC)CCCN1C(=O)C(=O)C(=C([O-])c2ccncc2)C1c1cc(OC)ccc1OC. The molecular formula is C25H31N3O5. The van der Waals surface area contributed by atoms with Gasteiger partial charge in [0, 0.05) is 36.5 Å². The number of methoxy groups -OCH3 is 2. The molecule has 1 unspecified atom stereocenters. The van der Waals surface area contributed by atoms with Crippen molar-refractivity contribution in [2.24, 2.45) is 0 Å². The van der Waals surface area contributed by atoms with Gasteiger partial charge >= 0.3 is 0 Å². The van der Waals surface area contributed by atoms with Gasteiger partial charge in [-0.25, -0.2) is 0 Å². The average Bonchev–Trinajstić information content (AvgIpc) is 3.11. The Bertz CT molecular complexity index is 1020. The third-order valence-corrected chi connectivity index (χ3v) is 6.13. The van der Waals surface area contributed by atoms with Crippen LogP contribution in [0.5, 0.6) is 11.5 Å². The first-order valence-electron chi connectivity index (χ1n) is 11.2. The van der Waals surface area contributed by atoms with E-state index in [1.165, 1.54) is 36.4 Å². The van der Waals surface area contributed by atoms with Crippen LogP contribution in [0.15, 0.2) is 48.3 Å². The van der Waals surface area contributed by atoms with Crippen molar-refractivity contribution >= 4 is 17.4 Å². The molecule has 8 heteroatoms. The number of Topliss-reactive ketones (excluding diaryl/α,β-unsaturated/α-hetero) is 1. The summed E-state index contributed by atoms with van der Waals surface area (Å²) in [6, 6.07) is 7.40. The third-order valence-electron chi connectivity index (χ3n) is 6.13. The summed E-state index contributed by atoms with van der Waals surface area (Å²) in [5, 5.41) is 13.4. The highest BCUT2D eigenvalue weighted by molar-refractivity contribution is 6.46. The van der Waals surface area contributed by atoms with E-state index in [4.69, 9.17) is 9.47 Å². The number of carbonyl (C=O) groups is 2. The minimum atomic E-state index is -0.859. The van der Waals surface area contributed by atoms with E-state index in [1.807, 2.05) is 0 Å². The highest BCUT2D eigenvalue weighted by atomic mass is 16.5. The topological polar surface area (TPSA) is 96.2 Å². The van der Waals surface area contributed by atoms with E-state index in [1.54, 1.807) is 30.3 Å². The summed E-state index contributed by atoms with van der Waals surface area (Å²) in [6.07, 6.45) is 3.68. The quantitative estimate of drug-likeness (QED) is 0.322. The van der Waals surface area contributed by atoms with E-state index in [2.05, 4.69) is 18.8 Å². The fourth-order valence-electron chi connectivity index (χ4n) is 4.24. The van der Waals surface area contributed by atoms with Crippen LogP contribution in [0.3, 0.4) is 0 Å². The Morgan fingerprint density at radius 2 is 1.79 bits per heavy atom. The summed E-state index contributed by atoms with van der Waals surface area (Å²) in [7, 11) is 3.05. The maximum atomic E-state index is 13.4. The molecule has 1 amide bonds. The zero-order chi connectivity index (χ0) is 24.0. The first kappa shape index (κ1) is 24.3. The number of nitrogens with zero attached hydrogens (tertiary/aromatic N) is 2. The molecule has 0 saturated carbocycles. The molecule has 2 aromatic rings. The molecule has 1 fully saturated rings. The van der Waals surface area contributed by atoms with Gasteiger partial charge in [-0.05, 0) is 49.7 Å². The van der Waals surface area contributed by atoms with Crippen molar-refractivity contribution in [2.75, 3.05) is 40.4 Å². The van der Waals surface area contributed by atoms with E-state index in [0.717, 1.165) is 19.6 Å². The van der Waals surface area contributed by atoms with Crippen LogP contribution < -0.4 is 19.5 Å². The molecule has 2 heterocycles. The lowest BCUT2D eigenvalue weighted by Gasteiger charge is -2.29. The number of aromatic nitrogens is 1. The summed E-state index contributed by atoms with van der Waals surface area (Å²) in [4.78, 5) is 33.1. The number of quaternary nitrogens is 1. The van der Waals surface area contributed by atoms with Gasteiger partial charge in [0.25, 0.3) is 5.91 Å². The lowest BCUT2D eigenvalue weighted by Crippen LogP contribution is -3.11. The maximum absolute atomic E-state index is 13.4. The molecule has 1 aromatic heterocycles. The highest BCUT2D eigenvalue weighted by Gasteiger charge is 2.45. The second-order valence-corrected chi connectivity index (χ2v) is 7.88. The fourth-order valence-corrected chi connectivity index (χ4v) is 4.24. The Hall–Kier alpha value is -3.39. The Labute approximate surface area is 194 Å². The van der Waals surface area contributed by atoms with Crippen LogP contribution in [0.4, 0.5) is 0 Å². The van der Waals surface area contributed by atoms with Crippen molar-refractivity contribution in [3.8, 4) is 11.5 Å². The second kappa shape index (κ2) is 11.0. The molecule has 8 nitrogen and oxygen atoms in total. The van der Waals surface area contributed by atoms with Gasteiger partial charge in [-0.2, -0.15) is 0 Å². The predicted molar refractivity (Wildman–Crippen MR) is 122 cm³/mol. The van der Waals surface area contributed by atoms with Gasteiger partial charge in [0.05, 0.1) is 39.9 Å².